The van der Waals surface area contributed by atoms with E-state index in [0.717, 1.165) is 6.26 Å². The lowest BCUT2D eigenvalue weighted by Gasteiger charge is -1.89. The summed E-state index contributed by atoms with van der Waals surface area (Å²) in [6.07, 6.45) is 2.41. The van der Waals surface area contributed by atoms with Crippen LogP contribution in [0.5, 0.6) is 0 Å². The Labute approximate surface area is 72.0 Å². The summed E-state index contributed by atoms with van der Waals surface area (Å²) in [4.78, 5) is 10.4. The van der Waals surface area contributed by atoms with Gasteiger partial charge in [-0.2, -0.15) is 0 Å². The summed E-state index contributed by atoms with van der Waals surface area (Å²) in [6, 6.07) is 1.36. The monoisotopic (exact) mass is 188 g/mol. The molecule has 0 bridgehead atoms. The number of furan rings is 1. The van der Waals surface area contributed by atoms with Crippen LogP contribution in [0.15, 0.2) is 23.0 Å². The van der Waals surface area contributed by atoms with E-state index >= 15 is 0 Å². The first-order chi connectivity index (χ1) is 6.05. The van der Waals surface area contributed by atoms with Gasteiger partial charge in [-0.25, -0.2) is 8.78 Å². The minimum absolute atomic E-state index is 0.248. The molecule has 1 saturated carbocycles. The smallest absolute Gasteiger partial charge is 0.313 e. The number of carboxylic acids is 1. The molecule has 70 valence electrons. The molecular weight excluding hydrogens is 182 g/mol. The number of hydrogen-bond acceptors (Lipinski definition) is 2. The molecule has 1 aromatic rings. The van der Waals surface area contributed by atoms with Crippen LogP contribution < -0.4 is 0 Å². The second kappa shape index (κ2) is 2.31. The van der Waals surface area contributed by atoms with Crippen LogP contribution in [0.3, 0.4) is 0 Å². The van der Waals surface area contributed by atoms with Gasteiger partial charge in [0.25, 0.3) is 5.92 Å². The van der Waals surface area contributed by atoms with Crippen molar-refractivity contribution in [3.8, 4) is 0 Å². The molecule has 1 heterocycles. The largest absolute Gasteiger partial charge is 0.481 e. The molecule has 1 aliphatic carbocycles. The predicted octanol–water partition coefficient (Wildman–Crippen LogP) is 1.71. The van der Waals surface area contributed by atoms with Gasteiger partial charge in [0.05, 0.1) is 18.4 Å². The van der Waals surface area contributed by atoms with Gasteiger partial charge in [-0.05, 0) is 6.07 Å². The maximum Gasteiger partial charge on any atom is 0.313 e. The number of hydrogen-bond donors (Lipinski definition) is 1. The van der Waals surface area contributed by atoms with Crippen molar-refractivity contribution in [2.75, 3.05) is 0 Å². The van der Waals surface area contributed by atoms with Crippen molar-refractivity contribution in [2.45, 2.75) is 11.8 Å². The first-order valence-electron chi connectivity index (χ1n) is 3.68. The molecule has 1 aliphatic rings. The first kappa shape index (κ1) is 8.22. The average molecular weight is 188 g/mol. The molecule has 0 aliphatic heterocycles. The molecule has 1 aromatic heterocycles. The van der Waals surface area contributed by atoms with Crippen LogP contribution in [0.4, 0.5) is 8.78 Å². The van der Waals surface area contributed by atoms with Crippen LogP contribution in [0.25, 0.3) is 0 Å². The van der Waals surface area contributed by atoms with Crippen molar-refractivity contribution in [3.63, 3.8) is 0 Å². The predicted molar refractivity (Wildman–Crippen MR) is 37.5 cm³/mol. The van der Waals surface area contributed by atoms with E-state index in [-0.39, 0.29) is 5.56 Å². The van der Waals surface area contributed by atoms with Crippen molar-refractivity contribution in [2.24, 2.45) is 5.92 Å². The van der Waals surface area contributed by atoms with Gasteiger partial charge >= 0.3 is 5.97 Å². The minimum atomic E-state index is -3.13. The molecule has 0 spiro atoms. The van der Waals surface area contributed by atoms with E-state index in [2.05, 4.69) is 4.42 Å². The molecule has 0 amide bonds. The Morgan fingerprint density at radius 2 is 2.31 bits per heavy atom. The third kappa shape index (κ3) is 1.03. The van der Waals surface area contributed by atoms with Crippen LogP contribution in [-0.2, 0) is 4.79 Å². The van der Waals surface area contributed by atoms with E-state index in [1.807, 2.05) is 0 Å². The Bertz CT molecular complexity index is 331. The fourth-order valence-electron chi connectivity index (χ4n) is 1.50. The summed E-state index contributed by atoms with van der Waals surface area (Å²) >= 11 is 0. The maximum atomic E-state index is 12.9. The molecule has 0 radical (unpaired) electrons. The van der Waals surface area contributed by atoms with Crippen molar-refractivity contribution in [3.05, 3.63) is 24.2 Å². The summed E-state index contributed by atoms with van der Waals surface area (Å²) in [7, 11) is 0. The molecule has 2 atom stereocenters. The summed E-state index contributed by atoms with van der Waals surface area (Å²) in [6.45, 7) is 0. The fraction of sp³-hybridized carbons (Fsp3) is 0.375. The van der Waals surface area contributed by atoms with E-state index in [1.165, 1.54) is 12.3 Å². The van der Waals surface area contributed by atoms with Gasteiger partial charge in [-0.3, -0.25) is 4.79 Å². The normalized spacial score (nSPS) is 30.0. The summed E-state index contributed by atoms with van der Waals surface area (Å²) in [5.74, 6) is -7.40. The molecule has 1 fully saturated rings. The van der Waals surface area contributed by atoms with Gasteiger partial charge < -0.3 is 9.52 Å². The third-order valence-corrected chi connectivity index (χ3v) is 2.22. The van der Waals surface area contributed by atoms with Gasteiger partial charge in [0.2, 0.25) is 0 Å². The van der Waals surface area contributed by atoms with E-state index in [9.17, 15) is 13.6 Å². The molecule has 13 heavy (non-hydrogen) atoms. The topological polar surface area (TPSA) is 50.4 Å². The molecule has 5 heteroatoms. The zero-order chi connectivity index (χ0) is 9.64. The van der Waals surface area contributed by atoms with Gasteiger partial charge in [-0.15, -0.1) is 0 Å². The molecule has 0 saturated heterocycles. The molecule has 0 unspecified atom stereocenters. The lowest BCUT2D eigenvalue weighted by atomic mass is 10.2. The molecule has 2 rings (SSSR count). The lowest BCUT2D eigenvalue weighted by Crippen LogP contribution is -2.04. The van der Waals surface area contributed by atoms with Crippen LogP contribution in [-0.4, -0.2) is 17.0 Å². The number of carboxylic acid groups (broad SMARTS) is 1. The highest BCUT2D eigenvalue weighted by Crippen LogP contribution is 2.61. The van der Waals surface area contributed by atoms with Gasteiger partial charge in [-0.1, -0.05) is 0 Å². The van der Waals surface area contributed by atoms with E-state index in [0.29, 0.717) is 0 Å². The highest BCUT2D eigenvalue weighted by Gasteiger charge is 2.73. The van der Waals surface area contributed by atoms with E-state index in [1.54, 1.807) is 0 Å². The minimum Gasteiger partial charge on any atom is -0.481 e. The van der Waals surface area contributed by atoms with Crippen molar-refractivity contribution in [1.29, 1.82) is 0 Å². The Hall–Kier alpha value is -1.39. The first-order valence-corrected chi connectivity index (χ1v) is 3.68. The standard InChI is InChI=1S/C8H6F2O3/c9-8(10)5(6(8)7(11)12)4-1-2-13-3-4/h1-3,5-6H,(H,11,12)/t5-,6+/m1/s1. The second-order valence-electron chi connectivity index (χ2n) is 3.02. The average Bonchev–Trinajstić information content (AvgIpc) is 2.50. The zero-order valence-corrected chi connectivity index (χ0v) is 6.41. The number of aliphatic carboxylic acids is 1. The highest BCUT2D eigenvalue weighted by molar-refractivity contribution is 5.78. The van der Waals surface area contributed by atoms with E-state index in [4.69, 9.17) is 5.11 Å². The van der Waals surface area contributed by atoms with Crippen LogP contribution in [0.2, 0.25) is 0 Å². The van der Waals surface area contributed by atoms with Crippen LogP contribution in [0, 0.1) is 5.92 Å². The molecule has 1 N–H and O–H groups in total. The van der Waals surface area contributed by atoms with Crippen LogP contribution in [0.1, 0.15) is 11.5 Å². The highest BCUT2D eigenvalue weighted by atomic mass is 19.3. The van der Waals surface area contributed by atoms with Gasteiger partial charge in [0.1, 0.15) is 5.92 Å². The maximum absolute atomic E-state index is 12.9. The number of rotatable bonds is 2. The molecular formula is C8H6F2O3. The number of carbonyl (C=O) groups is 1. The third-order valence-electron chi connectivity index (χ3n) is 2.22. The summed E-state index contributed by atoms with van der Waals surface area (Å²) in [5, 5.41) is 8.45. The van der Waals surface area contributed by atoms with Gasteiger partial charge in [0.15, 0.2) is 0 Å². The van der Waals surface area contributed by atoms with Crippen molar-refractivity contribution < 1.29 is 23.1 Å². The van der Waals surface area contributed by atoms with Crippen LogP contribution >= 0.6 is 0 Å². The van der Waals surface area contributed by atoms with E-state index < -0.39 is 23.7 Å². The second-order valence-corrected chi connectivity index (χ2v) is 3.02. The zero-order valence-electron chi connectivity index (χ0n) is 6.41. The SMILES string of the molecule is O=C(O)[C@@H]1[C@@H](c2ccoc2)C1(F)F. The Morgan fingerprint density at radius 1 is 1.62 bits per heavy atom. The Kier molecular flexibility index (Phi) is 1.46. The lowest BCUT2D eigenvalue weighted by molar-refractivity contribution is -0.140. The fourth-order valence-corrected chi connectivity index (χ4v) is 1.50. The van der Waals surface area contributed by atoms with Gasteiger partial charge in [0, 0.05) is 5.56 Å². The quantitative estimate of drug-likeness (QED) is 0.768. The summed E-state index contributed by atoms with van der Waals surface area (Å²) < 4.78 is 30.3. The molecule has 3 nitrogen and oxygen atoms in total. The molecule has 0 aromatic carbocycles. The van der Waals surface area contributed by atoms with Crippen molar-refractivity contribution in [1.82, 2.24) is 0 Å². The van der Waals surface area contributed by atoms with Crippen molar-refractivity contribution >= 4 is 5.97 Å². The Morgan fingerprint density at radius 3 is 2.69 bits per heavy atom. The number of halogens is 2. The summed E-state index contributed by atoms with van der Waals surface area (Å²) in [5.41, 5.74) is 0.248. The number of alkyl halides is 2. The Balaban J connectivity index is 2.25.